The number of benzene rings is 1. The minimum atomic E-state index is 0.0270. The Kier molecular flexibility index (Phi) is 4.45. The zero-order chi connectivity index (χ0) is 15.5. The predicted molar refractivity (Wildman–Crippen MR) is 87.6 cm³/mol. The third-order valence-corrected chi connectivity index (χ3v) is 4.85. The van der Waals surface area contributed by atoms with Gasteiger partial charge in [-0.25, -0.2) is 0 Å². The number of ether oxygens (including phenoxy) is 2. The monoisotopic (exact) mass is 317 g/mol. The highest BCUT2D eigenvalue weighted by molar-refractivity contribution is 7.17. The summed E-state index contributed by atoms with van der Waals surface area (Å²) in [6.07, 6.45) is 0.0808. The second kappa shape index (κ2) is 6.50. The lowest BCUT2D eigenvalue weighted by atomic mass is 10.2. The molecule has 22 heavy (non-hydrogen) atoms. The van der Waals surface area contributed by atoms with E-state index >= 15 is 0 Å². The molecule has 0 saturated carbocycles. The SMILES string of the molecule is COc1cc(-c2ccccc2)sc1C(=O)N1CCOC(C)C1. The van der Waals surface area contributed by atoms with Crippen molar-refractivity contribution in [1.82, 2.24) is 4.90 Å². The standard InChI is InChI=1S/C17H19NO3S/c1-12-11-18(8-9-21-12)17(19)16-14(20-2)10-15(22-16)13-6-4-3-5-7-13/h3-7,10,12H,8-9,11H2,1-2H3. The second-order valence-electron chi connectivity index (χ2n) is 5.31. The normalized spacial score (nSPS) is 18.3. The predicted octanol–water partition coefficient (Wildman–Crippen LogP) is 3.28. The summed E-state index contributed by atoms with van der Waals surface area (Å²) >= 11 is 1.48. The van der Waals surface area contributed by atoms with Crippen LogP contribution in [0.15, 0.2) is 36.4 Å². The topological polar surface area (TPSA) is 38.8 Å². The fourth-order valence-electron chi connectivity index (χ4n) is 2.57. The van der Waals surface area contributed by atoms with Crippen LogP contribution in [0.5, 0.6) is 5.75 Å². The van der Waals surface area contributed by atoms with E-state index in [0.29, 0.717) is 30.3 Å². The lowest BCUT2D eigenvalue weighted by molar-refractivity contribution is -0.0123. The Labute approximate surface area is 134 Å². The number of thiophene rings is 1. The van der Waals surface area contributed by atoms with E-state index in [1.165, 1.54) is 11.3 Å². The number of rotatable bonds is 3. The molecule has 1 saturated heterocycles. The first-order chi connectivity index (χ1) is 10.7. The van der Waals surface area contributed by atoms with Crippen molar-refractivity contribution in [3.05, 3.63) is 41.3 Å². The van der Waals surface area contributed by atoms with Crippen LogP contribution in [-0.2, 0) is 4.74 Å². The molecule has 2 aromatic rings. The van der Waals surface area contributed by atoms with Crippen LogP contribution in [0.2, 0.25) is 0 Å². The Bertz CT molecular complexity index is 653. The molecule has 1 unspecified atom stereocenters. The first-order valence-corrected chi connectivity index (χ1v) is 8.15. The molecule has 1 fully saturated rings. The number of amides is 1. The summed E-state index contributed by atoms with van der Waals surface area (Å²) in [4.78, 5) is 16.3. The lowest BCUT2D eigenvalue weighted by Gasteiger charge is -2.30. The van der Waals surface area contributed by atoms with Crippen LogP contribution in [0, 0.1) is 0 Å². The van der Waals surface area contributed by atoms with Gasteiger partial charge in [-0.1, -0.05) is 30.3 Å². The van der Waals surface area contributed by atoms with Crippen molar-refractivity contribution in [3.63, 3.8) is 0 Å². The number of carbonyl (C=O) groups excluding carboxylic acids is 1. The van der Waals surface area contributed by atoms with Crippen molar-refractivity contribution in [2.75, 3.05) is 26.8 Å². The van der Waals surface area contributed by atoms with Gasteiger partial charge in [0.05, 0.1) is 19.8 Å². The second-order valence-corrected chi connectivity index (χ2v) is 6.36. The van der Waals surface area contributed by atoms with Crippen LogP contribution in [-0.4, -0.2) is 43.7 Å². The zero-order valence-electron chi connectivity index (χ0n) is 12.7. The van der Waals surface area contributed by atoms with E-state index in [-0.39, 0.29) is 12.0 Å². The van der Waals surface area contributed by atoms with Gasteiger partial charge in [-0.2, -0.15) is 0 Å². The number of carbonyl (C=O) groups is 1. The quantitative estimate of drug-likeness (QED) is 0.872. The summed E-state index contributed by atoms with van der Waals surface area (Å²) in [7, 11) is 1.61. The summed E-state index contributed by atoms with van der Waals surface area (Å²) in [6, 6.07) is 12.0. The largest absolute Gasteiger partial charge is 0.495 e. The minimum Gasteiger partial charge on any atom is -0.495 e. The molecule has 1 atom stereocenters. The molecule has 2 heterocycles. The number of hydrogen-bond acceptors (Lipinski definition) is 4. The van der Waals surface area contributed by atoms with Crippen LogP contribution in [0.3, 0.4) is 0 Å². The molecule has 3 rings (SSSR count). The summed E-state index contributed by atoms with van der Waals surface area (Å²) in [5.74, 6) is 0.673. The van der Waals surface area contributed by atoms with Gasteiger partial charge in [0.2, 0.25) is 0 Å². The molecule has 0 bridgehead atoms. The van der Waals surface area contributed by atoms with Gasteiger partial charge >= 0.3 is 0 Å². The van der Waals surface area contributed by atoms with Crippen molar-refractivity contribution in [2.24, 2.45) is 0 Å². The summed E-state index contributed by atoms with van der Waals surface area (Å²) < 4.78 is 10.9. The van der Waals surface area contributed by atoms with Crippen LogP contribution in [0.4, 0.5) is 0 Å². The molecule has 5 heteroatoms. The van der Waals surface area contributed by atoms with Gasteiger partial charge in [-0.3, -0.25) is 4.79 Å². The lowest BCUT2D eigenvalue weighted by Crippen LogP contribution is -2.44. The fourth-order valence-corrected chi connectivity index (χ4v) is 3.67. The smallest absolute Gasteiger partial charge is 0.267 e. The van der Waals surface area contributed by atoms with Gasteiger partial charge in [-0.05, 0) is 18.6 Å². The Balaban J connectivity index is 1.90. The van der Waals surface area contributed by atoms with Crippen molar-refractivity contribution in [1.29, 1.82) is 0 Å². The van der Waals surface area contributed by atoms with E-state index in [1.54, 1.807) is 7.11 Å². The molecule has 0 N–H and O–H groups in total. The van der Waals surface area contributed by atoms with Gasteiger partial charge in [-0.15, -0.1) is 11.3 Å². The number of nitrogens with zero attached hydrogens (tertiary/aromatic N) is 1. The van der Waals surface area contributed by atoms with Crippen LogP contribution in [0.1, 0.15) is 16.6 Å². The third kappa shape index (κ3) is 3.00. The van der Waals surface area contributed by atoms with E-state index < -0.39 is 0 Å². The third-order valence-electron chi connectivity index (χ3n) is 3.70. The first kappa shape index (κ1) is 15.1. The minimum absolute atomic E-state index is 0.0270. The van der Waals surface area contributed by atoms with Crippen molar-refractivity contribution < 1.29 is 14.3 Å². The van der Waals surface area contributed by atoms with Crippen molar-refractivity contribution in [2.45, 2.75) is 13.0 Å². The maximum Gasteiger partial charge on any atom is 0.267 e. The van der Waals surface area contributed by atoms with E-state index in [0.717, 1.165) is 10.4 Å². The number of morpholine rings is 1. The molecule has 1 aliphatic rings. The molecule has 116 valence electrons. The van der Waals surface area contributed by atoms with Gasteiger partial charge in [0, 0.05) is 18.0 Å². The molecule has 0 radical (unpaired) electrons. The van der Waals surface area contributed by atoms with Crippen molar-refractivity contribution >= 4 is 17.2 Å². The fraction of sp³-hybridized carbons (Fsp3) is 0.353. The molecular weight excluding hydrogens is 298 g/mol. The van der Waals surface area contributed by atoms with Crippen LogP contribution >= 0.6 is 11.3 Å². The van der Waals surface area contributed by atoms with E-state index in [9.17, 15) is 4.79 Å². The number of methoxy groups -OCH3 is 1. The molecule has 1 aliphatic heterocycles. The van der Waals surface area contributed by atoms with Crippen molar-refractivity contribution in [3.8, 4) is 16.2 Å². The molecular formula is C17H19NO3S. The zero-order valence-corrected chi connectivity index (χ0v) is 13.6. The van der Waals surface area contributed by atoms with Gasteiger partial charge < -0.3 is 14.4 Å². The maximum atomic E-state index is 12.8. The molecule has 4 nitrogen and oxygen atoms in total. The average molecular weight is 317 g/mol. The molecule has 1 aromatic carbocycles. The average Bonchev–Trinajstić information content (AvgIpc) is 2.99. The molecule has 1 aromatic heterocycles. The Morgan fingerprint density at radius 3 is 2.82 bits per heavy atom. The van der Waals surface area contributed by atoms with Crippen LogP contribution < -0.4 is 4.74 Å². The van der Waals surface area contributed by atoms with Gasteiger partial charge in [0.1, 0.15) is 10.6 Å². The van der Waals surface area contributed by atoms with Crippen LogP contribution in [0.25, 0.3) is 10.4 Å². The van der Waals surface area contributed by atoms with E-state index in [4.69, 9.17) is 9.47 Å². The highest BCUT2D eigenvalue weighted by Crippen LogP contribution is 2.37. The number of hydrogen-bond donors (Lipinski definition) is 0. The molecule has 0 spiro atoms. The molecule has 0 aliphatic carbocycles. The maximum absolute atomic E-state index is 12.8. The van der Waals surface area contributed by atoms with Gasteiger partial charge in [0.25, 0.3) is 5.91 Å². The Morgan fingerprint density at radius 1 is 1.36 bits per heavy atom. The summed E-state index contributed by atoms with van der Waals surface area (Å²) in [5, 5.41) is 0. The summed E-state index contributed by atoms with van der Waals surface area (Å²) in [5.41, 5.74) is 1.10. The van der Waals surface area contributed by atoms with E-state index in [2.05, 4.69) is 0 Å². The highest BCUT2D eigenvalue weighted by atomic mass is 32.1. The van der Waals surface area contributed by atoms with E-state index in [1.807, 2.05) is 48.2 Å². The first-order valence-electron chi connectivity index (χ1n) is 7.33. The Hall–Kier alpha value is -1.85. The highest BCUT2D eigenvalue weighted by Gasteiger charge is 2.26. The Morgan fingerprint density at radius 2 is 2.14 bits per heavy atom. The molecule has 1 amide bonds. The summed E-state index contributed by atoms with van der Waals surface area (Å²) in [6.45, 7) is 3.83. The van der Waals surface area contributed by atoms with Gasteiger partial charge in [0.15, 0.2) is 0 Å².